The number of carbonyl (C=O) groups is 2. The third-order valence-electron chi connectivity index (χ3n) is 5.87. The minimum atomic E-state index is -0.298. The van der Waals surface area contributed by atoms with E-state index >= 15 is 0 Å². The monoisotopic (exact) mass is 404 g/mol. The van der Waals surface area contributed by atoms with Crippen LogP contribution in [0.25, 0.3) is 6.08 Å². The average Bonchev–Trinajstić information content (AvgIpc) is 2.75. The molecule has 0 bridgehead atoms. The highest BCUT2D eigenvalue weighted by atomic mass is 16.2. The first-order valence-electron chi connectivity index (χ1n) is 10.4. The number of piperazine rings is 1. The van der Waals surface area contributed by atoms with Gasteiger partial charge in [-0.1, -0.05) is 24.3 Å². The Morgan fingerprint density at radius 1 is 1.00 bits per heavy atom. The highest BCUT2D eigenvalue weighted by Gasteiger charge is 2.28. The SMILES string of the molecule is CC(=O)N1C=Cc2ccccc2[C@@H]1CC(=O)Nc1ccc(N2CCN(C)CC2)cc1. The van der Waals surface area contributed by atoms with Crippen LogP contribution >= 0.6 is 0 Å². The molecule has 2 aromatic carbocycles. The van der Waals surface area contributed by atoms with Crippen molar-refractivity contribution in [3.8, 4) is 0 Å². The highest BCUT2D eigenvalue weighted by Crippen LogP contribution is 2.33. The van der Waals surface area contributed by atoms with E-state index in [2.05, 4.69) is 34.3 Å². The first kappa shape index (κ1) is 20.2. The Bertz CT molecular complexity index is 946. The molecule has 2 aliphatic rings. The number of nitrogens with zero attached hydrogens (tertiary/aromatic N) is 3. The van der Waals surface area contributed by atoms with E-state index in [0.717, 1.165) is 43.0 Å². The number of likely N-dealkylation sites (N-methyl/N-ethyl adjacent to an activating group) is 1. The average molecular weight is 405 g/mol. The number of fused-ring (bicyclic) bond motifs is 1. The van der Waals surface area contributed by atoms with Gasteiger partial charge in [0.2, 0.25) is 11.8 Å². The van der Waals surface area contributed by atoms with Crippen molar-refractivity contribution >= 4 is 29.3 Å². The Balaban J connectivity index is 1.42. The molecule has 0 unspecified atom stereocenters. The van der Waals surface area contributed by atoms with Gasteiger partial charge in [-0.15, -0.1) is 0 Å². The first-order chi connectivity index (χ1) is 14.5. The lowest BCUT2D eigenvalue weighted by atomic mass is 9.93. The summed E-state index contributed by atoms with van der Waals surface area (Å²) in [6.45, 7) is 5.67. The molecule has 0 saturated carbocycles. The molecule has 0 aliphatic carbocycles. The fraction of sp³-hybridized carbons (Fsp3) is 0.333. The van der Waals surface area contributed by atoms with Gasteiger partial charge in [-0.2, -0.15) is 0 Å². The van der Waals surface area contributed by atoms with E-state index in [9.17, 15) is 9.59 Å². The van der Waals surface area contributed by atoms with Crippen LogP contribution in [0, 0.1) is 0 Å². The van der Waals surface area contributed by atoms with Gasteiger partial charge in [0.25, 0.3) is 0 Å². The van der Waals surface area contributed by atoms with Gasteiger partial charge in [0, 0.05) is 50.7 Å². The van der Waals surface area contributed by atoms with Gasteiger partial charge in [-0.3, -0.25) is 9.59 Å². The highest BCUT2D eigenvalue weighted by molar-refractivity contribution is 5.92. The Hall–Kier alpha value is -3.12. The van der Waals surface area contributed by atoms with Crippen LogP contribution in [-0.2, 0) is 9.59 Å². The Labute approximate surface area is 177 Å². The maximum Gasteiger partial charge on any atom is 0.226 e. The lowest BCUT2D eigenvalue weighted by Crippen LogP contribution is -2.44. The zero-order valence-corrected chi connectivity index (χ0v) is 17.5. The lowest BCUT2D eigenvalue weighted by Gasteiger charge is -2.34. The lowest BCUT2D eigenvalue weighted by molar-refractivity contribution is -0.129. The van der Waals surface area contributed by atoms with Gasteiger partial charge < -0.3 is 20.0 Å². The van der Waals surface area contributed by atoms with Crippen molar-refractivity contribution in [2.24, 2.45) is 0 Å². The summed E-state index contributed by atoms with van der Waals surface area (Å²) in [5.74, 6) is -0.182. The van der Waals surface area contributed by atoms with Crippen molar-refractivity contribution in [1.82, 2.24) is 9.80 Å². The quantitative estimate of drug-likeness (QED) is 0.849. The molecule has 1 atom stereocenters. The third-order valence-corrected chi connectivity index (χ3v) is 5.87. The van der Waals surface area contributed by atoms with Gasteiger partial charge in [-0.05, 0) is 48.5 Å². The summed E-state index contributed by atoms with van der Waals surface area (Å²) in [6.07, 6.45) is 3.90. The van der Waals surface area contributed by atoms with E-state index < -0.39 is 0 Å². The van der Waals surface area contributed by atoms with Crippen LogP contribution in [0.3, 0.4) is 0 Å². The molecule has 156 valence electrons. The van der Waals surface area contributed by atoms with Crippen molar-refractivity contribution in [2.75, 3.05) is 43.4 Å². The van der Waals surface area contributed by atoms with Crippen molar-refractivity contribution in [1.29, 1.82) is 0 Å². The summed E-state index contributed by atoms with van der Waals surface area (Å²) in [5, 5.41) is 2.99. The second kappa shape index (κ2) is 8.71. The fourth-order valence-corrected chi connectivity index (χ4v) is 4.12. The second-order valence-electron chi connectivity index (χ2n) is 7.98. The Morgan fingerprint density at radius 3 is 2.40 bits per heavy atom. The molecule has 2 aromatic rings. The number of nitrogens with one attached hydrogen (secondary N) is 1. The van der Waals surface area contributed by atoms with Crippen molar-refractivity contribution < 1.29 is 9.59 Å². The first-order valence-corrected chi connectivity index (χ1v) is 10.4. The van der Waals surface area contributed by atoms with E-state index in [1.165, 1.54) is 12.6 Å². The van der Waals surface area contributed by atoms with Crippen LogP contribution in [0.15, 0.2) is 54.7 Å². The van der Waals surface area contributed by atoms with Crippen LogP contribution in [0.2, 0.25) is 0 Å². The number of benzene rings is 2. The molecular weight excluding hydrogens is 376 g/mol. The molecule has 0 radical (unpaired) electrons. The molecular formula is C24H28N4O2. The van der Waals surface area contributed by atoms with Gasteiger partial charge in [-0.25, -0.2) is 0 Å². The molecule has 0 spiro atoms. The maximum absolute atomic E-state index is 12.8. The van der Waals surface area contributed by atoms with Crippen molar-refractivity contribution in [3.63, 3.8) is 0 Å². The predicted molar refractivity (Wildman–Crippen MR) is 120 cm³/mol. The van der Waals surface area contributed by atoms with Gasteiger partial charge >= 0.3 is 0 Å². The molecule has 1 fully saturated rings. The van der Waals surface area contributed by atoms with E-state index in [4.69, 9.17) is 0 Å². The summed E-state index contributed by atoms with van der Waals surface area (Å²) >= 11 is 0. The van der Waals surface area contributed by atoms with Crippen LogP contribution in [-0.4, -0.2) is 54.8 Å². The minimum absolute atomic E-state index is 0.0740. The summed E-state index contributed by atoms with van der Waals surface area (Å²) in [5.41, 5.74) is 3.99. The fourth-order valence-electron chi connectivity index (χ4n) is 4.12. The smallest absolute Gasteiger partial charge is 0.226 e. The molecule has 2 aliphatic heterocycles. The molecule has 0 aromatic heterocycles. The summed E-state index contributed by atoms with van der Waals surface area (Å²) in [4.78, 5) is 31.2. The zero-order chi connectivity index (χ0) is 21.1. The summed E-state index contributed by atoms with van der Waals surface area (Å²) < 4.78 is 0. The van der Waals surface area contributed by atoms with Crippen LogP contribution in [0.5, 0.6) is 0 Å². The molecule has 2 heterocycles. The Kier molecular flexibility index (Phi) is 5.86. The third kappa shape index (κ3) is 4.39. The van der Waals surface area contributed by atoms with Gasteiger partial charge in [0.1, 0.15) is 0 Å². The van der Waals surface area contributed by atoms with Gasteiger partial charge in [0.05, 0.1) is 12.5 Å². The molecule has 30 heavy (non-hydrogen) atoms. The zero-order valence-electron chi connectivity index (χ0n) is 17.5. The van der Waals surface area contributed by atoms with Crippen molar-refractivity contribution in [2.45, 2.75) is 19.4 Å². The summed E-state index contributed by atoms with van der Waals surface area (Å²) in [7, 11) is 2.14. The summed E-state index contributed by atoms with van der Waals surface area (Å²) in [6, 6.07) is 15.6. The Morgan fingerprint density at radius 2 is 1.70 bits per heavy atom. The van der Waals surface area contributed by atoms with E-state index in [1.54, 1.807) is 11.1 Å². The number of hydrogen-bond donors (Lipinski definition) is 1. The topological polar surface area (TPSA) is 55.9 Å². The second-order valence-corrected chi connectivity index (χ2v) is 7.98. The molecule has 1 saturated heterocycles. The number of rotatable bonds is 4. The maximum atomic E-state index is 12.8. The number of amides is 2. The largest absolute Gasteiger partial charge is 0.369 e. The normalized spacial score (nSPS) is 18.8. The van der Waals surface area contributed by atoms with Crippen LogP contribution in [0.1, 0.15) is 30.5 Å². The van der Waals surface area contributed by atoms with E-state index in [0.29, 0.717) is 0 Å². The van der Waals surface area contributed by atoms with Gasteiger partial charge in [0.15, 0.2) is 0 Å². The van der Waals surface area contributed by atoms with Crippen LogP contribution in [0.4, 0.5) is 11.4 Å². The van der Waals surface area contributed by atoms with E-state index in [-0.39, 0.29) is 24.3 Å². The molecule has 4 rings (SSSR count). The molecule has 1 N–H and O–H groups in total. The predicted octanol–water partition coefficient (Wildman–Crippen LogP) is 3.34. The standard InChI is InChI=1S/C24H28N4O2/c1-18(29)28-12-11-19-5-3-4-6-22(19)23(28)17-24(30)25-20-7-9-21(10-8-20)27-15-13-26(2)14-16-27/h3-12,23H,13-17H2,1-2H3,(H,25,30)/t23-/m0/s1. The molecule has 6 nitrogen and oxygen atoms in total. The minimum Gasteiger partial charge on any atom is -0.369 e. The number of anilines is 2. The molecule has 2 amide bonds. The van der Waals surface area contributed by atoms with Crippen LogP contribution < -0.4 is 10.2 Å². The van der Waals surface area contributed by atoms with Crippen molar-refractivity contribution in [3.05, 3.63) is 65.9 Å². The molecule has 6 heteroatoms. The van der Waals surface area contributed by atoms with E-state index in [1.807, 2.05) is 42.5 Å². The number of carbonyl (C=O) groups excluding carboxylic acids is 2. The number of hydrogen-bond acceptors (Lipinski definition) is 4.